The Labute approximate surface area is 286 Å². The van der Waals surface area contributed by atoms with E-state index in [9.17, 15) is 29.4 Å². The molecule has 49 heavy (non-hydrogen) atoms. The van der Waals surface area contributed by atoms with Gasteiger partial charge < -0.3 is 44.5 Å². The zero-order chi connectivity index (χ0) is 35.3. The van der Waals surface area contributed by atoms with Gasteiger partial charge >= 0.3 is 11.9 Å². The van der Waals surface area contributed by atoms with Gasteiger partial charge in [0.25, 0.3) is 0 Å². The Balaban J connectivity index is 1.20. The monoisotopic (exact) mass is 684 g/mol. The first-order valence-corrected chi connectivity index (χ1v) is 17.0. The van der Waals surface area contributed by atoms with Crippen molar-refractivity contribution in [3.63, 3.8) is 0 Å². The van der Waals surface area contributed by atoms with Crippen molar-refractivity contribution in [1.29, 1.82) is 0 Å². The Bertz CT molecular complexity index is 1430. The lowest BCUT2D eigenvalue weighted by Crippen LogP contribution is -2.55. The summed E-state index contributed by atoms with van der Waals surface area (Å²) in [6, 6.07) is 4.95. The van der Waals surface area contributed by atoms with Crippen molar-refractivity contribution >= 4 is 29.8 Å². The van der Waals surface area contributed by atoms with Crippen LogP contribution >= 0.6 is 0 Å². The fraction of sp³-hybridized carbons (Fsp3) is 0.611. The predicted octanol–water partition coefficient (Wildman–Crippen LogP) is 2.33. The van der Waals surface area contributed by atoms with Gasteiger partial charge in [-0.25, -0.2) is 4.79 Å². The highest BCUT2D eigenvalue weighted by atomic mass is 16.7. The maximum atomic E-state index is 13.5. The number of carbonyl (C=O) groups is 4. The van der Waals surface area contributed by atoms with Crippen molar-refractivity contribution in [2.24, 2.45) is 5.92 Å². The van der Waals surface area contributed by atoms with E-state index < -0.39 is 72.5 Å². The Morgan fingerprint density at radius 1 is 1.08 bits per heavy atom. The Morgan fingerprint density at radius 2 is 1.86 bits per heavy atom. The van der Waals surface area contributed by atoms with Crippen LogP contribution in [-0.2, 0) is 38.1 Å². The van der Waals surface area contributed by atoms with Crippen molar-refractivity contribution < 1.29 is 53.1 Å². The minimum atomic E-state index is -1.39. The molecular formula is C36H48N2O11. The minimum Gasteiger partial charge on any atom is -0.460 e. The molecular weight excluding hydrogens is 636 g/mol. The van der Waals surface area contributed by atoms with Crippen LogP contribution in [-0.4, -0.2) is 102 Å². The molecule has 5 rings (SSSR count). The molecule has 1 saturated carbocycles. The van der Waals surface area contributed by atoms with E-state index in [0.29, 0.717) is 29.3 Å². The number of carbonyl (C=O) groups excluding carboxylic acids is 4. The molecule has 2 heterocycles. The van der Waals surface area contributed by atoms with Gasteiger partial charge in [0.1, 0.15) is 36.7 Å². The maximum absolute atomic E-state index is 13.5. The van der Waals surface area contributed by atoms with E-state index in [1.807, 2.05) is 18.2 Å². The van der Waals surface area contributed by atoms with E-state index in [4.69, 9.17) is 23.7 Å². The molecule has 3 unspecified atom stereocenters. The molecule has 2 aliphatic carbocycles. The van der Waals surface area contributed by atoms with Gasteiger partial charge in [-0.15, -0.1) is 0 Å². The van der Waals surface area contributed by atoms with Crippen LogP contribution in [0.15, 0.2) is 42.0 Å². The fourth-order valence-electron chi connectivity index (χ4n) is 6.43. The second kappa shape index (κ2) is 15.9. The molecule has 4 N–H and O–H groups in total. The number of fused-ring (bicyclic) bond motifs is 2. The Morgan fingerprint density at radius 3 is 2.57 bits per heavy atom. The van der Waals surface area contributed by atoms with Crippen molar-refractivity contribution in [1.82, 2.24) is 10.6 Å². The number of rotatable bonds is 13. The normalized spacial score (nSPS) is 27.9. The SMILES string of the molecule is C[C@H](O)[C@@H](NC(=O)C1=C[C@H]2OCO[C@H]2[C@H](OC(=O)c2ccccc2C=CC2CCC3OC3C2)C1)C(=O)N[C@H](CO)CCC(=O)OC(C)(C)C. The largest absolute Gasteiger partial charge is 0.460 e. The number of ether oxygens (including phenoxy) is 5. The minimum absolute atomic E-state index is 0.0198. The Kier molecular flexibility index (Phi) is 11.9. The summed E-state index contributed by atoms with van der Waals surface area (Å²) in [7, 11) is 0. The van der Waals surface area contributed by atoms with E-state index in [2.05, 4.69) is 16.7 Å². The highest BCUT2D eigenvalue weighted by molar-refractivity contribution is 5.98. The number of aliphatic hydroxyl groups is 2. The number of hydrogen-bond donors (Lipinski definition) is 4. The zero-order valence-electron chi connectivity index (χ0n) is 28.5. The van der Waals surface area contributed by atoms with Gasteiger partial charge in [-0.2, -0.15) is 0 Å². The molecule has 2 amide bonds. The summed E-state index contributed by atoms with van der Waals surface area (Å²) in [5, 5.41) is 25.4. The van der Waals surface area contributed by atoms with E-state index >= 15 is 0 Å². The first-order chi connectivity index (χ1) is 23.3. The number of amides is 2. The van der Waals surface area contributed by atoms with Crippen molar-refractivity contribution in [3.05, 3.63) is 53.1 Å². The van der Waals surface area contributed by atoms with Crippen molar-refractivity contribution in [2.75, 3.05) is 13.4 Å². The second-order valence-electron chi connectivity index (χ2n) is 14.2. The number of aliphatic hydroxyl groups excluding tert-OH is 2. The number of hydrogen-bond acceptors (Lipinski definition) is 11. The third kappa shape index (κ3) is 9.98. The predicted molar refractivity (Wildman–Crippen MR) is 176 cm³/mol. The van der Waals surface area contributed by atoms with Crippen molar-refractivity contribution in [3.8, 4) is 0 Å². The fourth-order valence-corrected chi connectivity index (χ4v) is 6.43. The summed E-state index contributed by atoms with van der Waals surface area (Å²) in [5.41, 5.74) is 0.609. The number of allylic oxidation sites excluding steroid dienone is 1. The molecule has 0 spiro atoms. The smallest absolute Gasteiger partial charge is 0.339 e. The maximum Gasteiger partial charge on any atom is 0.339 e. The standard InChI is InChI=1S/C36H48N2O11/c1-20(40)31(34(43)37-24(18-39)12-14-30(41)49-36(2,3)4)38-33(42)23-16-28-32(46-19-45-28)29(17-23)48-35(44)25-8-6-5-7-22(25)11-9-21-10-13-26-27(15-21)47-26/h5-9,11,16,20-21,24,26-29,31-32,39-40H,10,12-15,17-19H2,1-4H3,(H,37,43)(H,38,42)/t20-,21?,24-,26?,27?,28+,29+,31+,32+/m0/s1. The van der Waals surface area contributed by atoms with Gasteiger partial charge in [-0.1, -0.05) is 30.4 Å². The second-order valence-corrected chi connectivity index (χ2v) is 14.2. The summed E-state index contributed by atoms with van der Waals surface area (Å²) >= 11 is 0. The molecule has 4 aliphatic rings. The van der Waals surface area contributed by atoms with Crippen LogP contribution in [0.25, 0.3) is 6.08 Å². The third-order valence-electron chi connectivity index (χ3n) is 9.06. The zero-order valence-corrected chi connectivity index (χ0v) is 28.5. The van der Waals surface area contributed by atoms with Gasteiger partial charge in [0, 0.05) is 18.4 Å². The van der Waals surface area contributed by atoms with Crippen LogP contribution in [0.1, 0.15) is 82.1 Å². The molecule has 1 aromatic rings. The molecule has 1 aromatic carbocycles. The number of benzene rings is 1. The lowest BCUT2D eigenvalue weighted by molar-refractivity contribution is -0.155. The van der Waals surface area contributed by atoms with Gasteiger partial charge in [-0.05, 0) is 77.0 Å². The summed E-state index contributed by atoms with van der Waals surface area (Å²) in [5.74, 6) is -2.09. The lowest BCUT2D eigenvalue weighted by atomic mass is 9.88. The third-order valence-corrected chi connectivity index (χ3v) is 9.06. The van der Waals surface area contributed by atoms with Gasteiger partial charge in [0.05, 0.1) is 36.5 Å². The molecule has 3 fully saturated rings. The average Bonchev–Trinajstić information content (AvgIpc) is 3.67. The molecule has 0 bridgehead atoms. The molecule has 0 radical (unpaired) electrons. The molecule has 2 aliphatic heterocycles. The van der Waals surface area contributed by atoms with E-state index in [-0.39, 0.29) is 31.6 Å². The van der Waals surface area contributed by atoms with E-state index in [1.165, 1.54) is 6.92 Å². The summed E-state index contributed by atoms with van der Waals surface area (Å²) in [6.45, 7) is 6.04. The van der Waals surface area contributed by atoms with Crippen LogP contribution in [0.4, 0.5) is 0 Å². The first-order valence-electron chi connectivity index (χ1n) is 17.0. The highest BCUT2D eigenvalue weighted by Gasteiger charge is 2.44. The molecule has 9 atom stereocenters. The van der Waals surface area contributed by atoms with Crippen LogP contribution in [0.3, 0.4) is 0 Å². The summed E-state index contributed by atoms with van der Waals surface area (Å²) in [6.07, 6.45) is 5.98. The molecule has 13 heteroatoms. The number of nitrogens with one attached hydrogen (secondary N) is 2. The van der Waals surface area contributed by atoms with Gasteiger partial charge in [-0.3, -0.25) is 14.4 Å². The first kappa shape index (κ1) is 36.7. The van der Waals surface area contributed by atoms with Crippen LogP contribution in [0.5, 0.6) is 0 Å². The molecule has 2 saturated heterocycles. The van der Waals surface area contributed by atoms with Crippen LogP contribution in [0.2, 0.25) is 0 Å². The van der Waals surface area contributed by atoms with E-state index in [1.54, 1.807) is 39.0 Å². The average molecular weight is 685 g/mol. The van der Waals surface area contributed by atoms with Gasteiger partial charge in [0.15, 0.2) is 0 Å². The topological polar surface area (TPSA) is 182 Å². The molecule has 268 valence electrons. The molecule has 0 aromatic heterocycles. The highest BCUT2D eigenvalue weighted by Crippen LogP contribution is 2.40. The summed E-state index contributed by atoms with van der Waals surface area (Å²) < 4.78 is 28.3. The van der Waals surface area contributed by atoms with Crippen LogP contribution < -0.4 is 10.6 Å². The number of esters is 2. The lowest BCUT2D eigenvalue weighted by Gasteiger charge is -2.31. The Hall–Kier alpha value is -3.62. The molecule has 13 nitrogen and oxygen atoms in total. The van der Waals surface area contributed by atoms with Gasteiger partial charge in [0.2, 0.25) is 11.8 Å². The summed E-state index contributed by atoms with van der Waals surface area (Å²) in [4.78, 5) is 52.3. The van der Waals surface area contributed by atoms with Crippen molar-refractivity contribution in [2.45, 2.75) is 121 Å². The van der Waals surface area contributed by atoms with Crippen LogP contribution in [0, 0.1) is 5.92 Å². The van der Waals surface area contributed by atoms with E-state index in [0.717, 1.165) is 19.3 Å². The number of epoxide rings is 1. The quantitative estimate of drug-likeness (QED) is 0.177.